The standard InChI is InChI=1S/C25H16N3O.C17H22GeN.Ir/c1-16-14-15-19-18-10-7-11-20(23(18)29-25(19)26-16)24-27-21-12-5-6-13-22(21)28(24)17-8-3-2-4-9-17;1-13(2)15-11-17(14-9-7-6-8-10-14)19-12-16(15)18(3,4)5;/h2-10,12-15H,1H3;6-9,11-13H,1-5H3;/q2*-1;. The van der Waals surface area contributed by atoms with E-state index < -0.39 is 13.3 Å². The van der Waals surface area contributed by atoms with Crippen LogP contribution in [0.4, 0.5) is 0 Å². The van der Waals surface area contributed by atoms with Gasteiger partial charge in [-0.15, -0.1) is 18.2 Å². The Bertz CT molecular complexity index is 2370. The smallest absolute Gasteiger partial charge is 0.216 e. The number of aryl methyl sites for hydroxylation is 1. The van der Waals surface area contributed by atoms with Crippen LogP contribution < -0.4 is 4.40 Å². The molecular weight excluding hydrogens is 841 g/mol. The number of pyridine rings is 2. The molecule has 0 aliphatic rings. The van der Waals surface area contributed by atoms with Crippen LogP contribution in [0.25, 0.3) is 61.4 Å². The van der Waals surface area contributed by atoms with E-state index in [0.29, 0.717) is 11.6 Å². The molecule has 0 N–H and O–H groups in total. The molecule has 0 aliphatic carbocycles. The number of fused-ring (bicyclic) bond motifs is 4. The largest absolute Gasteiger partial charge is 0.486 e. The van der Waals surface area contributed by atoms with E-state index in [1.165, 1.54) is 9.96 Å². The Morgan fingerprint density at radius 1 is 0.776 bits per heavy atom. The zero-order valence-corrected chi connectivity index (χ0v) is 33.1. The maximum atomic E-state index is 6.21. The summed E-state index contributed by atoms with van der Waals surface area (Å²) in [4.78, 5) is 14.2. The second-order valence-electron chi connectivity index (χ2n) is 13.4. The predicted molar refractivity (Wildman–Crippen MR) is 201 cm³/mol. The maximum Gasteiger partial charge on any atom is 0.216 e. The number of para-hydroxylation sites is 3. The van der Waals surface area contributed by atoms with Crippen molar-refractivity contribution in [1.82, 2.24) is 19.5 Å². The van der Waals surface area contributed by atoms with Crippen molar-refractivity contribution >= 4 is 50.8 Å². The molecule has 0 amide bonds. The van der Waals surface area contributed by atoms with Crippen molar-refractivity contribution in [3.05, 3.63) is 139 Å². The number of furan rings is 1. The van der Waals surface area contributed by atoms with Crippen LogP contribution in [0, 0.1) is 19.1 Å². The van der Waals surface area contributed by atoms with Crippen molar-refractivity contribution in [1.29, 1.82) is 0 Å². The zero-order chi connectivity index (χ0) is 33.4. The van der Waals surface area contributed by atoms with Gasteiger partial charge in [-0.2, -0.15) is 0 Å². The Morgan fingerprint density at radius 2 is 1.53 bits per heavy atom. The van der Waals surface area contributed by atoms with Crippen molar-refractivity contribution in [2.45, 2.75) is 44.0 Å². The van der Waals surface area contributed by atoms with Gasteiger partial charge < -0.3 is 8.98 Å². The van der Waals surface area contributed by atoms with Crippen molar-refractivity contribution in [2.75, 3.05) is 0 Å². The molecule has 8 rings (SSSR count). The summed E-state index contributed by atoms with van der Waals surface area (Å²) in [7, 11) is 0. The number of imidazole rings is 1. The van der Waals surface area contributed by atoms with Crippen molar-refractivity contribution in [3.63, 3.8) is 0 Å². The fraction of sp³-hybridized carbons (Fsp3) is 0.167. The zero-order valence-electron chi connectivity index (χ0n) is 28.6. The van der Waals surface area contributed by atoms with E-state index in [2.05, 4.69) is 100 Å². The van der Waals surface area contributed by atoms with Crippen molar-refractivity contribution < 1.29 is 24.5 Å². The number of hydrogen-bond acceptors (Lipinski definition) is 4. The summed E-state index contributed by atoms with van der Waals surface area (Å²) in [6, 6.07) is 43.4. The third kappa shape index (κ3) is 6.91. The molecule has 0 saturated heterocycles. The first kappa shape index (κ1) is 34.5. The Labute approximate surface area is 304 Å². The Balaban J connectivity index is 0.000000183. The van der Waals surface area contributed by atoms with Crippen LogP contribution in [0.5, 0.6) is 0 Å². The van der Waals surface area contributed by atoms with Crippen LogP contribution in [0.15, 0.2) is 120 Å². The third-order valence-electron chi connectivity index (χ3n) is 8.59. The van der Waals surface area contributed by atoms with Crippen LogP contribution in [-0.4, -0.2) is 32.8 Å². The molecule has 0 spiro atoms. The first-order chi connectivity index (χ1) is 23.2. The van der Waals surface area contributed by atoms with Crippen molar-refractivity contribution in [2.24, 2.45) is 0 Å². The predicted octanol–water partition coefficient (Wildman–Crippen LogP) is 10.3. The SMILES string of the molecule is CC(C)c1cc(-c2[c-]cccc2)nc[c]1[Ge]([CH3])([CH3])[CH3].Cc1ccc2c(n1)oc1c(-c3nc4ccccc4n3-c3ccccc3)[c-]ccc12.[Ir]. The van der Waals surface area contributed by atoms with Gasteiger partial charge in [-0.1, -0.05) is 41.3 Å². The fourth-order valence-corrected chi connectivity index (χ4v) is 9.71. The molecular formula is C42H38GeIrN4O-2. The summed E-state index contributed by atoms with van der Waals surface area (Å²) in [6.45, 7) is 6.51. The quantitative estimate of drug-likeness (QED) is 0.128. The molecule has 0 atom stereocenters. The number of aromatic nitrogens is 4. The topological polar surface area (TPSA) is 56.7 Å². The second kappa shape index (κ2) is 14.2. The molecule has 49 heavy (non-hydrogen) atoms. The van der Waals surface area contributed by atoms with E-state index >= 15 is 0 Å². The van der Waals surface area contributed by atoms with Crippen LogP contribution in [-0.2, 0) is 20.1 Å². The van der Waals surface area contributed by atoms with E-state index in [9.17, 15) is 0 Å². The summed E-state index contributed by atoms with van der Waals surface area (Å²) in [5.74, 6) is 8.63. The van der Waals surface area contributed by atoms with Gasteiger partial charge in [-0.3, -0.25) is 4.98 Å². The van der Waals surface area contributed by atoms with Gasteiger partial charge in [0.2, 0.25) is 5.71 Å². The molecule has 7 heteroatoms. The van der Waals surface area contributed by atoms with Crippen LogP contribution in [0.2, 0.25) is 17.3 Å². The van der Waals surface area contributed by atoms with Crippen LogP contribution in [0.1, 0.15) is 31.0 Å². The van der Waals surface area contributed by atoms with E-state index in [1.807, 2.05) is 79.7 Å². The van der Waals surface area contributed by atoms with E-state index in [1.54, 1.807) is 0 Å². The second-order valence-corrected chi connectivity index (χ2v) is 24.0. The summed E-state index contributed by atoms with van der Waals surface area (Å²) < 4.78 is 9.89. The van der Waals surface area contributed by atoms with Gasteiger partial charge in [0.05, 0.1) is 22.4 Å². The first-order valence-electron chi connectivity index (χ1n) is 16.4. The van der Waals surface area contributed by atoms with Gasteiger partial charge >= 0.3 is 119 Å². The first-order valence-corrected chi connectivity index (χ1v) is 23.7. The molecule has 0 saturated carbocycles. The molecule has 4 heterocycles. The molecule has 0 aliphatic heterocycles. The normalized spacial score (nSPS) is 11.5. The maximum absolute atomic E-state index is 6.21. The average molecular weight is 880 g/mol. The summed E-state index contributed by atoms with van der Waals surface area (Å²) in [6.07, 6.45) is 2.12. The number of nitrogens with zero attached hydrogens (tertiary/aromatic N) is 4. The molecule has 8 aromatic rings. The molecule has 4 aromatic heterocycles. The molecule has 0 unspecified atom stereocenters. The van der Waals surface area contributed by atoms with E-state index in [-0.39, 0.29) is 20.1 Å². The molecule has 5 nitrogen and oxygen atoms in total. The Morgan fingerprint density at radius 3 is 2.27 bits per heavy atom. The van der Waals surface area contributed by atoms with Gasteiger partial charge in [0, 0.05) is 36.9 Å². The minimum Gasteiger partial charge on any atom is -0.486 e. The van der Waals surface area contributed by atoms with E-state index in [0.717, 1.165) is 61.4 Å². The van der Waals surface area contributed by atoms with Crippen LogP contribution >= 0.6 is 0 Å². The van der Waals surface area contributed by atoms with E-state index in [4.69, 9.17) is 9.40 Å². The number of rotatable bonds is 5. The number of benzene rings is 4. The Hall–Kier alpha value is -4.36. The van der Waals surface area contributed by atoms with Gasteiger partial charge in [0.15, 0.2) is 0 Å². The van der Waals surface area contributed by atoms with Gasteiger partial charge in [0.1, 0.15) is 0 Å². The van der Waals surface area contributed by atoms with Gasteiger partial charge in [0.25, 0.3) is 0 Å². The Kier molecular flexibility index (Phi) is 10.0. The average Bonchev–Trinajstić information content (AvgIpc) is 3.67. The number of hydrogen-bond donors (Lipinski definition) is 0. The summed E-state index contributed by atoms with van der Waals surface area (Å²) in [5, 5.41) is 2.02. The van der Waals surface area contributed by atoms with Gasteiger partial charge in [-0.25, -0.2) is 4.98 Å². The molecule has 1 radical (unpaired) electrons. The molecule has 247 valence electrons. The molecule has 0 fully saturated rings. The third-order valence-corrected chi connectivity index (χ3v) is 12.9. The minimum atomic E-state index is -1.85. The fourth-order valence-electron chi connectivity index (χ4n) is 6.19. The summed E-state index contributed by atoms with van der Waals surface area (Å²) in [5.41, 5.74) is 9.78. The van der Waals surface area contributed by atoms with Gasteiger partial charge in [-0.05, 0) is 43.3 Å². The minimum absolute atomic E-state index is 0. The van der Waals surface area contributed by atoms with Crippen molar-refractivity contribution in [3.8, 4) is 28.3 Å². The monoisotopic (exact) mass is 881 g/mol. The summed E-state index contributed by atoms with van der Waals surface area (Å²) >= 11 is -1.85. The van der Waals surface area contributed by atoms with Crippen LogP contribution in [0.3, 0.4) is 0 Å². The molecule has 4 aromatic carbocycles. The molecule has 0 bridgehead atoms.